The Morgan fingerprint density at radius 2 is 2.47 bits per heavy atom. The molecule has 2 heterocycles. The monoisotopic (exact) mass is 266 g/mol. The highest BCUT2D eigenvalue weighted by Gasteiger charge is 2.18. The average molecular weight is 266 g/mol. The molecule has 1 aliphatic rings. The molecule has 1 atom stereocenters. The Bertz CT molecular complexity index is 466. The summed E-state index contributed by atoms with van der Waals surface area (Å²) in [6.07, 6.45) is 1.39. The summed E-state index contributed by atoms with van der Waals surface area (Å²) < 4.78 is 5.63. The van der Waals surface area contributed by atoms with Crippen LogP contribution < -0.4 is 5.32 Å². The van der Waals surface area contributed by atoms with Gasteiger partial charge in [-0.25, -0.2) is 4.98 Å². The maximum atomic E-state index is 10.6. The van der Waals surface area contributed by atoms with Crippen molar-refractivity contribution in [2.24, 2.45) is 0 Å². The molecule has 0 aliphatic carbocycles. The van der Waals surface area contributed by atoms with Gasteiger partial charge in [0.2, 0.25) is 0 Å². The van der Waals surface area contributed by atoms with Crippen molar-refractivity contribution < 1.29 is 9.66 Å². The van der Waals surface area contributed by atoms with E-state index in [-0.39, 0.29) is 11.8 Å². The molecule has 1 unspecified atom stereocenters. The van der Waals surface area contributed by atoms with Crippen LogP contribution in [0.5, 0.6) is 0 Å². The lowest BCUT2D eigenvalue weighted by molar-refractivity contribution is -0.385. The zero-order chi connectivity index (χ0) is 13.8. The number of pyridine rings is 1. The van der Waals surface area contributed by atoms with Crippen LogP contribution in [0.2, 0.25) is 0 Å². The van der Waals surface area contributed by atoms with E-state index in [0.717, 1.165) is 25.3 Å². The number of hydrogen-bond acceptors (Lipinski definition) is 6. The van der Waals surface area contributed by atoms with Gasteiger partial charge in [0.15, 0.2) is 0 Å². The summed E-state index contributed by atoms with van der Waals surface area (Å²) in [6.45, 7) is 5.01. The zero-order valence-corrected chi connectivity index (χ0v) is 11.1. The minimum absolute atomic E-state index is 0.0108. The minimum atomic E-state index is -0.441. The molecule has 0 radical (unpaired) electrons. The SMILES string of the molecule is Cc1cc([N+](=O)[O-])cnc1NCC1CN(C)CCO1. The third-order valence-electron chi connectivity index (χ3n) is 3.11. The Hall–Kier alpha value is -1.73. The second-order valence-corrected chi connectivity index (χ2v) is 4.75. The van der Waals surface area contributed by atoms with Crippen molar-refractivity contribution in [2.45, 2.75) is 13.0 Å². The first-order chi connectivity index (χ1) is 9.06. The highest BCUT2D eigenvalue weighted by Crippen LogP contribution is 2.18. The fourth-order valence-electron chi connectivity index (χ4n) is 2.05. The number of nitro groups is 1. The Balaban J connectivity index is 1.94. The van der Waals surface area contributed by atoms with Crippen LogP contribution in [0.1, 0.15) is 5.56 Å². The van der Waals surface area contributed by atoms with Crippen LogP contribution in [0.3, 0.4) is 0 Å². The van der Waals surface area contributed by atoms with Gasteiger partial charge >= 0.3 is 0 Å². The van der Waals surface area contributed by atoms with Gasteiger partial charge in [-0.15, -0.1) is 0 Å². The number of aryl methyl sites for hydroxylation is 1. The summed E-state index contributed by atoms with van der Waals surface area (Å²) >= 11 is 0. The van der Waals surface area contributed by atoms with E-state index in [0.29, 0.717) is 12.4 Å². The predicted molar refractivity (Wildman–Crippen MR) is 71.4 cm³/mol. The van der Waals surface area contributed by atoms with Crippen molar-refractivity contribution in [3.8, 4) is 0 Å². The third kappa shape index (κ3) is 3.62. The van der Waals surface area contributed by atoms with Crippen LogP contribution in [0.25, 0.3) is 0 Å². The van der Waals surface area contributed by atoms with E-state index in [1.54, 1.807) is 6.92 Å². The van der Waals surface area contributed by atoms with Crippen LogP contribution in [0.4, 0.5) is 11.5 Å². The molecule has 0 saturated carbocycles. The molecule has 7 heteroatoms. The number of likely N-dealkylation sites (N-methyl/N-ethyl adjacent to an activating group) is 1. The smallest absolute Gasteiger partial charge is 0.287 e. The Labute approximate surface area is 111 Å². The zero-order valence-electron chi connectivity index (χ0n) is 11.1. The summed E-state index contributed by atoms with van der Waals surface area (Å²) in [5, 5.41) is 13.8. The lowest BCUT2D eigenvalue weighted by Crippen LogP contribution is -2.43. The maximum Gasteiger partial charge on any atom is 0.287 e. The molecule has 0 spiro atoms. The van der Waals surface area contributed by atoms with Crippen molar-refractivity contribution in [3.05, 3.63) is 27.9 Å². The fraction of sp³-hybridized carbons (Fsp3) is 0.583. The Kier molecular flexibility index (Phi) is 4.28. The van der Waals surface area contributed by atoms with Gasteiger partial charge in [-0.3, -0.25) is 10.1 Å². The normalized spacial score (nSPS) is 20.2. The van der Waals surface area contributed by atoms with Gasteiger partial charge in [0.05, 0.1) is 17.6 Å². The first-order valence-electron chi connectivity index (χ1n) is 6.21. The summed E-state index contributed by atoms with van der Waals surface area (Å²) in [7, 11) is 2.06. The molecule has 1 fully saturated rings. The molecule has 1 saturated heterocycles. The van der Waals surface area contributed by atoms with E-state index in [4.69, 9.17) is 4.74 Å². The highest BCUT2D eigenvalue weighted by atomic mass is 16.6. The molecule has 0 amide bonds. The molecule has 104 valence electrons. The number of anilines is 1. The van der Waals surface area contributed by atoms with E-state index in [9.17, 15) is 10.1 Å². The Morgan fingerprint density at radius 3 is 3.11 bits per heavy atom. The molecular formula is C12H18N4O3. The van der Waals surface area contributed by atoms with E-state index in [2.05, 4.69) is 22.2 Å². The molecule has 0 bridgehead atoms. The van der Waals surface area contributed by atoms with Gasteiger partial charge < -0.3 is 15.0 Å². The lowest BCUT2D eigenvalue weighted by Gasteiger charge is -2.30. The quantitative estimate of drug-likeness (QED) is 0.648. The van der Waals surface area contributed by atoms with Crippen molar-refractivity contribution in [3.63, 3.8) is 0 Å². The molecule has 7 nitrogen and oxygen atoms in total. The number of hydrogen-bond donors (Lipinski definition) is 1. The molecule has 19 heavy (non-hydrogen) atoms. The topological polar surface area (TPSA) is 80.5 Å². The molecule has 1 aromatic heterocycles. The van der Waals surface area contributed by atoms with Gasteiger partial charge in [-0.2, -0.15) is 0 Å². The summed E-state index contributed by atoms with van der Waals surface area (Å²) in [4.78, 5) is 16.5. The number of aromatic nitrogens is 1. The predicted octanol–water partition coefficient (Wildman–Crippen LogP) is 1.04. The lowest BCUT2D eigenvalue weighted by atomic mass is 10.2. The molecule has 1 N–H and O–H groups in total. The van der Waals surface area contributed by atoms with Crippen molar-refractivity contribution >= 4 is 11.5 Å². The number of nitrogens with one attached hydrogen (secondary N) is 1. The molecule has 1 aliphatic heterocycles. The summed E-state index contributed by atoms with van der Waals surface area (Å²) in [5.41, 5.74) is 0.773. The fourth-order valence-corrected chi connectivity index (χ4v) is 2.05. The van der Waals surface area contributed by atoms with E-state index < -0.39 is 4.92 Å². The first-order valence-corrected chi connectivity index (χ1v) is 6.21. The van der Waals surface area contributed by atoms with Crippen molar-refractivity contribution in [2.75, 3.05) is 38.6 Å². The van der Waals surface area contributed by atoms with Gasteiger partial charge in [0.25, 0.3) is 5.69 Å². The highest BCUT2D eigenvalue weighted by molar-refractivity contribution is 5.48. The van der Waals surface area contributed by atoms with Crippen molar-refractivity contribution in [1.29, 1.82) is 0 Å². The van der Waals surface area contributed by atoms with Crippen LogP contribution in [-0.2, 0) is 4.74 Å². The first kappa shape index (κ1) is 13.7. The van der Waals surface area contributed by atoms with Crippen LogP contribution >= 0.6 is 0 Å². The summed E-state index contributed by atoms with van der Waals surface area (Å²) in [6, 6.07) is 1.52. The van der Waals surface area contributed by atoms with Crippen molar-refractivity contribution in [1.82, 2.24) is 9.88 Å². The van der Waals surface area contributed by atoms with Gasteiger partial charge in [0.1, 0.15) is 12.0 Å². The number of rotatable bonds is 4. The number of ether oxygens (including phenoxy) is 1. The van der Waals surface area contributed by atoms with Crippen LogP contribution in [0, 0.1) is 17.0 Å². The van der Waals surface area contributed by atoms with Gasteiger partial charge in [-0.05, 0) is 19.5 Å². The van der Waals surface area contributed by atoms with Crippen LogP contribution in [-0.4, -0.2) is 54.2 Å². The average Bonchev–Trinajstić information content (AvgIpc) is 2.37. The molecular weight excluding hydrogens is 248 g/mol. The second-order valence-electron chi connectivity index (χ2n) is 4.75. The molecule has 2 rings (SSSR count). The largest absolute Gasteiger partial charge is 0.374 e. The van der Waals surface area contributed by atoms with E-state index >= 15 is 0 Å². The third-order valence-corrected chi connectivity index (χ3v) is 3.11. The summed E-state index contributed by atoms with van der Waals surface area (Å²) in [5.74, 6) is 0.669. The number of morpholine rings is 1. The molecule has 1 aromatic rings. The van der Waals surface area contributed by atoms with Gasteiger partial charge in [0, 0.05) is 25.7 Å². The van der Waals surface area contributed by atoms with E-state index in [1.165, 1.54) is 12.3 Å². The maximum absolute atomic E-state index is 10.6. The van der Waals surface area contributed by atoms with Crippen LogP contribution in [0.15, 0.2) is 12.3 Å². The standard InChI is InChI=1S/C12H18N4O3/c1-9-5-10(16(17)18)6-13-12(9)14-7-11-8-15(2)3-4-19-11/h5-6,11H,3-4,7-8H2,1-2H3,(H,13,14). The second kappa shape index (κ2) is 5.94. The van der Waals surface area contributed by atoms with E-state index in [1.807, 2.05) is 0 Å². The number of nitrogens with zero attached hydrogens (tertiary/aromatic N) is 3. The van der Waals surface area contributed by atoms with Gasteiger partial charge in [-0.1, -0.05) is 0 Å². The minimum Gasteiger partial charge on any atom is -0.374 e. The molecule has 0 aromatic carbocycles. The Morgan fingerprint density at radius 1 is 1.68 bits per heavy atom.